The first-order valence-electron chi connectivity index (χ1n) is 9.56. The number of halogens is 3. The Labute approximate surface area is 187 Å². The van der Waals surface area contributed by atoms with Gasteiger partial charge in [0.05, 0.1) is 5.56 Å². The number of aromatic carboxylic acids is 1. The summed E-state index contributed by atoms with van der Waals surface area (Å²) in [6.07, 6.45) is -3.98. The molecule has 0 unspecified atom stereocenters. The maximum absolute atomic E-state index is 12.2. The van der Waals surface area contributed by atoms with Crippen LogP contribution in [0.25, 0.3) is 0 Å². The summed E-state index contributed by atoms with van der Waals surface area (Å²) >= 11 is 1.37. The first kappa shape index (κ1) is 23.5. The van der Waals surface area contributed by atoms with Crippen molar-refractivity contribution in [1.82, 2.24) is 4.72 Å². The highest BCUT2D eigenvalue weighted by molar-refractivity contribution is 7.97. The van der Waals surface area contributed by atoms with Crippen LogP contribution in [0.15, 0.2) is 71.6 Å². The Bertz CT molecular complexity index is 1050. The largest absolute Gasteiger partial charge is 0.573 e. The third kappa shape index (κ3) is 7.21. The van der Waals surface area contributed by atoms with Gasteiger partial charge in [-0.05, 0) is 85.0 Å². The second-order valence-corrected chi connectivity index (χ2v) is 7.76. The van der Waals surface area contributed by atoms with E-state index >= 15 is 0 Å². The maximum atomic E-state index is 12.2. The molecule has 0 saturated heterocycles. The zero-order chi connectivity index (χ0) is 23.1. The summed E-state index contributed by atoms with van der Waals surface area (Å²) in [4.78, 5) is 12.0. The number of carboxylic acid groups (broad SMARTS) is 1. The molecular weight excluding hydrogens is 443 g/mol. The van der Waals surface area contributed by atoms with Crippen molar-refractivity contribution < 1.29 is 32.5 Å². The molecular formula is C23H20F3NO4S. The van der Waals surface area contributed by atoms with Crippen molar-refractivity contribution in [2.24, 2.45) is 0 Å². The van der Waals surface area contributed by atoms with Gasteiger partial charge in [0, 0.05) is 11.4 Å². The van der Waals surface area contributed by atoms with Gasteiger partial charge in [-0.25, -0.2) is 4.79 Å². The highest BCUT2D eigenvalue weighted by atomic mass is 32.2. The average molecular weight is 463 g/mol. The Kier molecular flexibility index (Phi) is 7.66. The number of hydrogen-bond acceptors (Lipinski definition) is 5. The number of carboxylic acids is 1. The molecule has 32 heavy (non-hydrogen) atoms. The van der Waals surface area contributed by atoms with E-state index in [0.29, 0.717) is 18.0 Å². The van der Waals surface area contributed by atoms with Crippen LogP contribution in [-0.4, -0.2) is 24.0 Å². The minimum Gasteiger partial charge on any atom is -0.478 e. The van der Waals surface area contributed by atoms with Crippen molar-refractivity contribution in [3.63, 3.8) is 0 Å². The van der Waals surface area contributed by atoms with Gasteiger partial charge in [0.2, 0.25) is 0 Å². The molecule has 2 N–H and O–H groups in total. The summed E-state index contributed by atoms with van der Waals surface area (Å²) in [5.41, 5.74) is 2.07. The van der Waals surface area contributed by atoms with Crippen molar-refractivity contribution in [1.29, 1.82) is 0 Å². The van der Waals surface area contributed by atoms with Gasteiger partial charge >= 0.3 is 12.3 Å². The van der Waals surface area contributed by atoms with Crippen molar-refractivity contribution in [3.05, 3.63) is 83.4 Å². The smallest absolute Gasteiger partial charge is 0.478 e. The van der Waals surface area contributed by atoms with Crippen LogP contribution in [0.1, 0.15) is 21.5 Å². The molecule has 9 heteroatoms. The first-order valence-corrected chi connectivity index (χ1v) is 10.4. The van der Waals surface area contributed by atoms with Crippen LogP contribution in [0.4, 0.5) is 13.2 Å². The minimum absolute atomic E-state index is 0.287. The van der Waals surface area contributed by atoms with E-state index in [9.17, 15) is 23.1 Å². The lowest BCUT2D eigenvalue weighted by Crippen LogP contribution is -2.16. The van der Waals surface area contributed by atoms with Gasteiger partial charge in [-0.15, -0.1) is 13.2 Å². The predicted octanol–water partition coefficient (Wildman–Crippen LogP) is 6.22. The Balaban J connectivity index is 1.46. The van der Waals surface area contributed by atoms with Crippen molar-refractivity contribution >= 4 is 17.9 Å². The number of ether oxygens (including phenoxy) is 2. The van der Waals surface area contributed by atoms with Crippen molar-refractivity contribution in [2.75, 3.05) is 6.54 Å². The Morgan fingerprint density at radius 3 is 2.16 bits per heavy atom. The lowest BCUT2D eigenvalue weighted by atomic mass is 10.1. The Hall–Kier alpha value is -3.17. The monoisotopic (exact) mass is 463 g/mol. The molecule has 3 aromatic rings. The van der Waals surface area contributed by atoms with Gasteiger partial charge in [0.1, 0.15) is 17.2 Å². The summed E-state index contributed by atoms with van der Waals surface area (Å²) in [7, 11) is 0. The fourth-order valence-corrected chi connectivity index (χ4v) is 3.48. The van der Waals surface area contributed by atoms with Crippen LogP contribution in [0, 0.1) is 6.92 Å². The third-order valence-electron chi connectivity index (χ3n) is 4.36. The first-order chi connectivity index (χ1) is 15.2. The van der Waals surface area contributed by atoms with Crippen LogP contribution < -0.4 is 14.2 Å². The van der Waals surface area contributed by atoms with E-state index < -0.39 is 12.3 Å². The van der Waals surface area contributed by atoms with E-state index in [2.05, 4.69) is 9.46 Å². The molecule has 0 aliphatic rings. The summed E-state index contributed by atoms with van der Waals surface area (Å²) in [6, 6.07) is 17.8. The molecule has 0 heterocycles. The fraction of sp³-hybridized carbons (Fsp3) is 0.174. The van der Waals surface area contributed by atoms with Gasteiger partial charge < -0.3 is 14.6 Å². The Morgan fingerprint density at radius 1 is 0.969 bits per heavy atom. The van der Waals surface area contributed by atoms with Crippen LogP contribution in [0.3, 0.4) is 0 Å². The number of aryl methyl sites for hydroxylation is 1. The molecule has 0 spiro atoms. The topological polar surface area (TPSA) is 67.8 Å². The van der Waals surface area contributed by atoms with Gasteiger partial charge in [0.25, 0.3) is 0 Å². The third-order valence-corrected chi connectivity index (χ3v) is 5.20. The molecule has 5 nitrogen and oxygen atoms in total. The zero-order valence-corrected chi connectivity index (χ0v) is 17.8. The van der Waals surface area contributed by atoms with E-state index in [1.807, 2.05) is 18.2 Å². The lowest BCUT2D eigenvalue weighted by molar-refractivity contribution is -0.274. The minimum atomic E-state index is -4.73. The van der Waals surface area contributed by atoms with Crippen molar-refractivity contribution in [2.45, 2.75) is 24.6 Å². The van der Waals surface area contributed by atoms with Gasteiger partial charge in [-0.1, -0.05) is 18.2 Å². The van der Waals surface area contributed by atoms with E-state index in [0.717, 1.165) is 22.4 Å². The second-order valence-electron chi connectivity index (χ2n) is 6.79. The van der Waals surface area contributed by atoms with Crippen LogP contribution >= 0.6 is 11.9 Å². The van der Waals surface area contributed by atoms with E-state index in [4.69, 9.17) is 4.74 Å². The van der Waals surface area contributed by atoms with Crippen LogP contribution in [-0.2, 0) is 6.42 Å². The SMILES string of the molecule is Cc1ccc(SNCCc2ccc(Oc3ccc(OC(F)(F)F)cc3)cc2)cc1C(=O)O. The molecule has 0 bridgehead atoms. The second kappa shape index (κ2) is 10.4. The normalized spacial score (nSPS) is 11.2. The molecule has 0 amide bonds. The van der Waals surface area contributed by atoms with E-state index in [-0.39, 0.29) is 11.3 Å². The predicted molar refractivity (Wildman–Crippen MR) is 115 cm³/mol. The fourth-order valence-electron chi connectivity index (χ4n) is 2.79. The average Bonchev–Trinajstić information content (AvgIpc) is 2.73. The standard InChI is InChI=1S/C23H20F3NO4S/c1-15-2-11-20(14-21(15)22(28)29)32-27-13-12-16-3-5-17(6-4-16)30-18-7-9-19(10-8-18)31-23(24,25)26/h2-11,14,27H,12-13H2,1H3,(H,28,29). The van der Waals surface area contributed by atoms with E-state index in [1.54, 1.807) is 31.2 Å². The summed E-state index contributed by atoms with van der Waals surface area (Å²) < 4.78 is 49.3. The number of nitrogens with one attached hydrogen (secondary N) is 1. The number of alkyl halides is 3. The molecule has 3 aromatic carbocycles. The van der Waals surface area contributed by atoms with Crippen LogP contribution in [0.2, 0.25) is 0 Å². The quantitative estimate of drug-likeness (QED) is 0.290. The van der Waals surface area contributed by atoms with E-state index in [1.165, 1.54) is 36.2 Å². The molecule has 0 aliphatic carbocycles. The summed E-state index contributed by atoms with van der Waals surface area (Å²) in [5, 5.41) is 9.19. The Morgan fingerprint density at radius 2 is 1.56 bits per heavy atom. The summed E-state index contributed by atoms with van der Waals surface area (Å²) in [5.74, 6) is -0.307. The summed E-state index contributed by atoms with van der Waals surface area (Å²) in [6.45, 7) is 2.43. The molecule has 3 rings (SSSR count). The molecule has 0 fully saturated rings. The number of hydrogen-bond donors (Lipinski definition) is 2. The lowest BCUT2D eigenvalue weighted by Gasteiger charge is -2.10. The molecule has 0 atom stereocenters. The molecule has 0 radical (unpaired) electrons. The molecule has 0 aromatic heterocycles. The zero-order valence-electron chi connectivity index (χ0n) is 17.0. The van der Waals surface area contributed by atoms with Gasteiger partial charge in [-0.3, -0.25) is 4.72 Å². The highest BCUT2D eigenvalue weighted by Gasteiger charge is 2.30. The molecule has 0 saturated carbocycles. The number of rotatable bonds is 9. The molecule has 168 valence electrons. The highest BCUT2D eigenvalue weighted by Crippen LogP contribution is 2.27. The maximum Gasteiger partial charge on any atom is 0.573 e. The van der Waals surface area contributed by atoms with Gasteiger partial charge in [-0.2, -0.15) is 0 Å². The van der Waals surface area contributed by atoms with Crippen LogP contribution in [0.5, 0.6) is 17.2 Å². The number of carbonyl (C=O) groups is 1. The molecule has 0 aliphatic heterocycles. The van der Waals surface area contributed by atoms with Crippen molar-refractivity contribution in [3.8, 4) is 17.2 Å². The van der Waals surface area contributed by atoms with Gasteiger partial charge in [0.15, 0.2) is 0 Å². The number of benzene rings is 3.